The number of esters is 3. The predicted octanol–water partition coefficient (Wildman–Crippen LogP) is 14.8. The topological polar surface area (TPSA) is 78.9 Å². The smallest absolute Gasteiger partial charge is 0.306 e. The van der Waals surface area contributed by atoms with E-state index in [1.807, 2.05) is 0 Å². The highest BCUT2D eigenvalue weighted by molar-refractivity contribution is 5.71. The number of unbranched alkanes of at least 4 members (excludes halogenated alkanes) is 22. The molecule has 0 radical (unpaired) electrons. The predicted molar refractivity (Wildman–Crippen MR) is 233 cm³/mol. The molecule has 0 aliphatic heterocycles. The van der Waals surface area contributed by atoms with Gasteiger partial charge in [0.15, 0.2) is 6.10 Å². The normalized spacial score (nSPS) is 12.4. The van der Waals surface area contributed by atoms with Crippen molar-refractivity contribution < 1.29 is 28.6 Å². The second-order valence-electron chi connectivity index (χ2n) is 15.3. The fraction of sp³-hybridized carbons (Fsp3) is 0.776. The standard InChI is InChI=1S/C49H86O6/c1-4-7-10-13-16-18-20-22-24-26-28-30-33-35-38-41-47(50)53-44-46(55-49(52)43-40-37-32-15-12-9-6-3)45-54-48(51)42-39-36-34-31-29-27-25-23-21-19-17-14-11-8-5-2/h16-19,22-25,46H,4-15,20-21,26-45H2,1-3H3. The molecule has 0 aromatic rings. The molecule has 6 nitrogen and oxygen atoms in total. The van der Waals surface area contributed by atoms with E-state index in [0.29, 0.717) is 19.3 Å². The molecule has 0 aliphatic rings. The minimum atomic E-state index is -0.779. The van der Waals surface area contributed by atoms with E-state index in [1.165, 1.54) is 89.9 Å². The van der Waals surface area contributed by atoms with E-state index in [9.17, 15) is 14.4 Å². The van der Waals surface area contributed by atoms with Crippen LogP contribution in [0.2, 0.25) is 0 Å². The molecule has 0 saturated heterocycles. The van der Waals surface area contributed by atoms with Gasteiger partial charge in [-0.05, 0) is 83.5 Å². The van der Waals surface area contributed by atoms with Crippen molar-refractivity contribution >= 4 is 17.9 Å². The lowest BCUT2D eigenvalue weighted by molar-refractivity contribution is -0.167. The Kier molecular flexibility index (Phi) is 42.0. The minimum absolute atomic E-state index is 0.0845. The number of carbonyl (C=O) groups is 3. The van der Waals surface area contributed by atoms with E-state index in [2.05, 4.69) is 69.4 Å². The molecule has 0 bridgehead atoms. The molecule has 0 aromatic heterocycles. The Balaban J connectivity index is 4.31. The van der Waals surface area contributed by atoms with Crippen molar-refractivity contribution in [3.8, 4) is 0 Å². The van der Waals surface area contributed by atoms with E-state index in [1.54, 1.807) is 0 Å². The lowest BCUT2D eigenvalue weighted by Gasteiger charge is -2.18. The summed E-state index contributed by atoms with van der Waals surface area (Å²) in [4.78, 5) is 37.6. The molecule has 0 aromatic carbocycles. The zero-order chi connectivity index (χ0) is 40.1. The van der Waals surface area contributed by atoms with Gasteiger partial charge in [0.05, 0.1) is 0 Å². The number of allylic oxidation sites excluding steroid dienone is 8. The van der Waals surface area contributed by atoms with Gasteiger partial charge < -0.3 is 14.2 Å². The van der Waals surface area contributed by atoms with Crippen molar-refractivity contribution in [3.63, 3.8) is 0 Å². The molecular formula is C49H86O6. The number of ether oxygens (including phenoxy) is 3. The summed E-state index contributed by atoms with van der Waals surface area (Å²) >= 11 is 0. The van der Waals surface area contributed by atoms with Gasteiger partial charge in [0.25, 0.3) is 0 Å². The van der Waals surface area contributed by atoms with Crippen LogP contribution in [0.25, 0.3) is 0 Å². The van der Waals surface area contributed by atoms with E-state index >= 15 is 0 Å². The van der Waals surface area contributed by atoms with Crippen LogP contribution in [0, 0.1) is 0 Å². The molecule has 0 heterocycles. The summed E-state index contributed by atoms with van der Waals surface area (Å²) in [7, 11) is 0. The molecule has 0 unspecified atom stereocenters. The van der Waals surface area contributed by atoms with Crippen molar-refractivity contribution in [2.75, 3.05) is 13.2 Å². The highest BCUT2D eigenvalue weighted by Crippen LogP contribution is 2.13. The third-order valence-corrected chi connectivity index (χ3v) is 9.81. The van der Waals surface area contributed by atoms with Crippen LogP contribution in [0.15, 0.2) is 48.6 Å². The number of rotatable bonds is 41. The first-order valence-electron chi connectivity index (χ1n) is 23.1. The lowest BCUT2D eigenvalue weighted by Crippen LogP contribution is -2.30. The van der Waals surface area contributed by atoms with Crippen LogP contribution in [0.4, 0.5) is 0 Å². The van der Waals surface area contributed by atoms with Crippen LogP contribution in [-0.4, -0.2) is 37.2 Å². The van der Waals surface area contributed by atoms with Crippen molar-refractivity contribution in [1.82, 2.24) is 0 Å². The molecule has 0 atom stereocenters. The molecule has 0 saturated carbocycles. The van der Waals surface area contributed by atoms with E-state index in [0.717, 1.165) is 96.3 Å². The molecule has 0 aliphatic carbocycles. The molecule has 0 fully saturated rings. The fourth-order valence-corrected chi connectivity index (χ4v) is 6.27. The fourth-order valence-electron chi connectivity index (χ4n) is 6.27. The Hall–Kier alpha value is -2.63. The Morgan fingerprint density at radius 3 is 1.04 bits per heavy atom. The van der Waals surface area contributed by atoms with Crippen LogP contribution in [0.5, 0.6) is 0 Å². The summed E-state index contributed by atoms with van der Waals surface area (Å²) in [5.41, 5.74) is 0. The maximum atomic E-state index is 12.6. The highest BCUT2D eigenvalue weighted by Gasteiger charge is 2.19. The molecule has 318 valence electrons. The van der Waals surface area contributed by atoms with Gasteiger partial charge in [-0.1, -0.05) is 172 Å². The van der Waals surface area contributed by atoms with Gasteiger partial charge in [0, 0.05) is 19.3 Å². The zero-order valence-corrected chi connectivity index (χ0v) is 36.2. The highest BCUT2D eigenvalue weighted by atomic mass is 16.6. The SMILES string of the molecule is CCCCCC=CCC=CCCCCCCCC(=O)OCC(COC(=O)CCCCCCCC=CCC=CCCCCC)OC(=O)CCCCCCCCC. The van der Waals surface area contributed by atoms with Gasteiger partial charge >= 0.3 is 17.9 Å². The minimum Gasteiger partial charge on any atom is -0.462 e. The second-order valence-corrected chi connectivity index (χ2v) is 15.3. The maximum Gasteiger partial charge on any atom is 0.306 e. The Morgan fingerprint density at radius 2 is 0.655 bits per heavy atom. The zero-order valence-electron chi connectivity index (χ0n) is 36.2. The van der Waals surface area contributed by atoms with Crippen molar-refractivity contribution in [2.24, 2.45) is 0 Å². The van der Waals surface area contributed by atoms with Gasteiger partial charge in [-0.2, -0.15) is 0 Å². The molecule has 6 heteroatoms. The summed E-state index contributed by atoms with van der Waals surface area (Å²) in [6.45, 7) is 6.51. The van der Waals surface area contributed by atoms with Crippen molar-refractivity contribution in [2.45, 2.75) is 232 Å². The number of carbonyl (C=O) groups excluding carboxylic acids is 3. The van der Waals surface area contributed by atoms with Crippen molar-refractivity contribution in [3.05, 3.63) is 48.6 Å². The number of hydrogen-bond donors (Lipinski definition) is 0. The molecule has 0 spiro atoms. The van der Waals surface area contributed by atoms with Crippen LogP contribution in [0.1, 0.15) is 226 Å². The van der Waals surface area contributed by atoms with Crippen molar-refractivity contribution in [1.29, 1.82) is 0 Å². The van der Waals surface area contributed by atoms with Gasteiger partial charge in [0.2, 0.25) is 0 Å². The molecule has 0 rings (SSSR count). The van der Waals surface area contributed by atoms with Crippen LogP contribution in [-0.2, 0) is 28.6 Å². The van der Waals surface area contributed by atoms with Crippen LogP contribution in [0.3, 0.4) is 0 Å². The summed E-state index contributed by atoms with van der Waals surface area (Å²) < 4.78 is 16.6. The number of hydrogen-bond acceptors (Lipinski definition) is 6. The van der Waals surface area contributed by atoms with Crippen LogP contribution < -0.4 is 0 Å². The molecule has 0 amide bonds. The molecular weight excluding hydrogens is 685 g/mol. The Morgan fingerprint density at radius 1 is 0.364 bits per heavy atom. The van der Waals surface area contributed by atoms with Gasteiger partial charge in [-0.25, -0.2) is 0 Å². The largest absolute Gasteiger partial charge is 0.462 e. The Bertz CT molecular complexity index is 918. The average molecular weight is 771 g/mol. The van der Waals surface area contributed by atoms with Crippen LogP contribution >= 0.6 is 0 Å². The Labute approximate surface area is 339 Å². The third kappa shape index (κ3) is 42.4. The van der Waals surface area contributed by atoms with Gasteiger partial charge in [-0.3, -0.25) is 14.4 Å². The lowest BCUT2D eigenvalue weighted by atomic mass is 10.1. The quantitative estimate of drug-likeness (QED) is 0.0267. The second kappa shape index (κ2) is 44.1. The third-order valence-electron chi connectivity index (χ3n) is 9.81. The first-order chi connectivity index (χ1) is 27.0. The van der Waals surface area contributed by atoms with E-state index in [-0.39, 0.29) is 31.1 Å². The van der Waals surface area contributed by atoms with E-state index in [4.69, 9.17) is 14.2 Å². The average Bonchev–Trinajstić information content (AvgIpc) is 3.18. The first-order valence-corrected chi connectivity index (χ1v) is 23.1. The summed E-state index contributed by atoms with van der Waals surface area (Å²) in [6, 6.07) is 0. The van der Waals surface area contributed by atoms with Gasteiger partial charge in [0.1, 0.15) is 13.2 Å². The molecule has 0 N–H and O–H groups in total. The summed E-state index contributed by atoms with van der Waals surface area (Å²) in [6.07, 6.45) is 51.0. The summed E-state index contributed by atoms with van der Waals surface area (Å²) in [5, 5.41) is 0. The van der Waals surface area contributed by atoms with E-state index < -0.39 is 6.10 Å². The molecule has 55 heavy (non-hydrogen) atoms. The van der Waals surface area contributed by atoms with Gasteiger partial charge in [-0.15, -0.1) is 0 Å². The first kappa shape index (κ1) is 52.4. The summed E-state index contributed by atoms with van der Waals surface area (Å²) in [5.74, 6) is -0.918. The maximum absolute atomic E-state index is 12.6. The monoisotopic (exact) mass is 771 g/mol.